The lowest BCUT2D eigenvalue weighted by molar-refractivity contribution is -0.131. The predicted molar refractivity (Wildman–Crippen MR) is 61.6 cm³/mol. The Morgan fingerprint density at radius 2 is 1.94 bits per heavy atom. The average molecular weight is 227 g/mol. The lowest BCUT2D eigenvalue weighted by Gasteiger charge is -2.32. The minimum Gasteiger partial charge on any atom is -0.353 e. The Hall–Kier alpha value is -1.10. The zero-order valence-electron chi connectivity index (χ0n) is 10.0. The van der Waals surface area contributed by atoms with Gasteiger partial charge < -0.3 is 16.0 Å². The van der Waals surface area contributed by atoms with Crippen molar-refractivity contribution in [2.45, 2.75) is 32.7 Å². The highest BCUT2D eigenvalue weighted by molar-refractivity contribution is 5.79. The summed E-state index contributed by atoms with van der Waals surface area (Å²) in [6, 6.07) is 0.205. The summed E-state index contributed by atoms with van der Waals surface area (Å²) in [7, 11) is 0. The fourth-order valence-corrected chi connectivity index (χ4v) is 1.77. The summed E-state index contributed by atoms with van der Waals surface area (Å²) in [4.78, 5) is 24.6. The van der Waals surface area contributed by atoms with Crippen LogP contribution in [0, 0.1) is 5.92 Å². The van der Waals surface area contributed by atoms with Gasteiger partial charge in [0.2, 0.25) is 11.8 Å². The fraction of sp³-hybridized carbons (Fsp3) is 0.818. The number of carbonyl (C=O) groups is 2. The molecular weight excluding hydrogens is 206 g/mol. The Kier molecular flexibility index (Phi) is 4.73. The highest BCUT2D eigenvalue weighted by Gasteiger charge is 2.23. The van der Waals surface area contributed by atoms with E-state index in [9.17, 15) is 9.59 Å². The van der Waals surface area contributed by atoms with E-state index in [2.05, 4.69) is 5.32 Å². The zero-order chi connectivity index (χ0) is 12.1. The second-order valence-corrected chi connectivity index (χ2v) is 4.52. The van der Waals surface area contributed by atoms with E-state index in [0.29, 0.717) is 13.1 Å². The molecule has 0 aliphatic carbocycles. The van der Waals surface area contributed by atoms with Crippen molar-refractivity contribution in [3.8, 4) is 0 Å². The highest BCUT2D eigenvalue weighted by Crippen LogP contribution is 2.10. The van der Waals surface area contributed by atoms with E-state index in [4.69, 9.17) is 5.73 Å². The third kappa shape index (κ3) is 3.48. The topological polar surface area (TPSA) is 75.4 Å². The van der Waals surface area contributed by atoms with Crippen molar-refractivity contribution in [3.05, 3.63) is 0 Å². The maximum atomic E-state index is 11.5. The number of nitrogens with one attached hydrogen (secondary N) is 1. The van der Waals surface area contributed by atoms with E-state index in [-0.39, 0.29) is 30.3 Å². The first-order chi connectivity index (χ1) is 7.54. The van der Waals surface area contributed by atoms with Crippen molar-refractivity contribution < 1.29 is 9.59 Å². The van der Waals surface area contributed by atoms with E-state index in [0.717, 1.165) is 12.8 Å². The van der Waals surface area contributed by atoms with E-state index in [1.807, 2.05) is 13.8 Å². The van der Waals surface area contributed by atoms with E-state index in [1.54, 1.807) is 4.90 Å². The van der Waals surface area contributed by atoms with Gasteiger partial charge in [0, 0.05) is 25.0 Å². The van der Waals surface area contributed by atoms with E-state index < -0.39 is 0 Å². The van der Waals surface area contributed by atoms with Crippen molar-refractivity contribution in [2.75, 3.05) is 19.6 Å². The average Bonchev–Trinajstić information content (AvgIpc) is 2.28. The van der Waals surface area contributed by atoms with Crippen LogP contribution in [0.1, 0.15) is 26.7 Å². The molecule has 2 amide bonds. The van der Waals surface area contributed by atoms with Crippen LogP contribution >= 0.6 is 0 Å². The second kappa shape index (κ2) is 5.84. The number of likely N-dealkylation sites (tertiary alicyclic amines) is 1. The van der Waals surface area contributed by atoms with Crippen LogP contribution in [0.4, 0.5) is 0 Å². The SMILES string of the molecule is CC(C)C(=O)NC1CCN(C(=O)CN)CC1. The number of carbonyl (C=O) groups excluding carboxylic acids is 2. The highest BCUT2D eigenvalue weighted by atomic mass is 16.2. The first-order valence-electron chi connectivity index (χ1n) is 5.82. The minimum absolute atomic E-state index is 0.00589. The molecule has 0 spiro atoms. The summed E-state index contributed by atoms with van der Waals surface area (Å²) in [6.45, 7) is 5.21. The fourth-order valence-electron chi connectivity index (χ4n) is 1.77. The van der Waals surface area contributed by atoms with Gasteiger partial charge in [-0.3, -0.25) is 9.59 Å². The maximum Gasteiger partial charge on any atom is 0.236 e. The second-order valence-electron chi connectivity index (χ2n) is 4.52. The molecule has 5 heteroatoms. The molecule has 0 saturated carbocycles. The van der Waals surface area contributed by atoms with Crippen LogP contribution in [0.3, 0.4) is 0 Å². The molecule has 0 radical (unpaired) electrons. The monoisotopic (exact) mass is 227 g/mol. The summed E-state index contributed by atoms with van der Waals surface area (Å²) < 4.78 is 0. The van der Waals surface area contributed by atoms with Gasteiger partial charge in [0.1, 0.15) is 0 Å². The van der Waals surface area contributed by atoms with Crippen molar-refractivity contribution in [1.29, 1.82) is 0 Å². The lowest BCUT2D eigenvalue weighted by Crippen LogP contribution is -2.48. The molecule has 0 aromatic rings. The molecule has 1 saturated heterocycles. The van der Waals surface area contributed by atoms with Gasteiger partial charge in [-0.05, 0) is 12.8 Å². The third-order valence-electron chi connectivity index (χ3n) is 2.89. The molecule has 0 unspecified atom stereocenters. The first kappa shape index (κ1) is 13.0. The normalized spacial score (nSPS) is 17.6. The van der Waals surface area contributed by atoms with Crippen LogP contribution in [0.25, 0.3) is 0 Å². The number of amides is 2. The molecule has 5 nitrogen and oxygen atoms in total. The number of hydrogen-bond acceptors (Lipinski definition) is 3. The van der Waals surface area contributed by atoms with Crippen LogP contribution < -0.4 is 11.1 Å². The van der Waals surface area contributed by atoms with Gasteiger partial charge in [-0.25, -0.2) is 0 Å². The van der Waals surface area contributed by atoms with Gasteiger partial charge in [0.05, 0.1) is 6.54 Å². The number of nitrogens with zero attached hydrogens (tertiary/aromatic N) is 1. The summed E-state index contributed by atoms with van der Waals surface area (Å²) in [5.74, 6) is 0.0981. The Morgan fingerprint density at radius 3 is 2.38 bits per heavy atom. The molecule has 1 fully saturated rings. The maximum absolute atomic E-state index is 11.5. The standard InChI is InChI=1S/C11H21N3O2/c1-8(2)11(16)13-9-3-5-14(6-4-9)10(15)7-12/h8-9H,3-7,12H2,1-2H3,(H,13,16). The van der Waals surface area contributed by atoms with Gasteiger partial charge >= 0.3 is 0 Å². The van der Waals surface area contributed by atoms with Gasteiger partial charge in [-0.2, -0.15) is 0 Å². The molecular formula is C11H21N3O2. The van der Waals surface area contributed by atoms with Gasteiger partial charge in [-0.1, -0.05) is 13.8 Å². The van der Waals surface area contributed by atoms with Crippen molar-refractivity contribution >= 4 is 11.8 Å². The van der Waals surface area contributed by atoms with Crippen LogP contribution in [-0.4, -0.2) is 42.4 Å². The molecule has 16 heavy (non-hydrogen) atoms. The van der Waals surface area contributed by atoms with Gasteiger partial charge in [0.25, 0.3) is 0 Å². The first-order valence-corrected chi connectivity index (χ1v) is 5.82. The van der Waals surface area contributed by atoms with Crippen LogP contribution in [0.5, 0.6) is 0 Å². The van der Waals surface area contributed by atoms with Crippen LogP contribution in [-0.2, 0) is 9.59 Å². The smallest absolute Gasteiger partial charge is 0.236 e. The molecule has 1 aliphatic heterocycles. The Bertz CT molecular complexity index is 258. The van der Waals surface area contributed by atoms with Crippen molar-refractivity contribution in [3.63, 3.8) is 0 Å². The molecule has 92 valence electrons. The van der Waals surface area contributed by atoms with Crippen LogP contribution in [0.2, 0.25) is 0 Å². The molecule has 0 aromatic carbocycles. The molecule has 3 N–H and O–H groups in total. The molecule has 0 aromatic heterocycles. The molecule has 0 bridgehead atoms. The van der Waals surface area contributed by atoms with E-state index in [1.165, 1.54) is 0 Å². The predicted octanol–water partition coefficient (Wildman–Crippen LogP) is -0.292. The minimum atomic E-state index is -0.00589. The molecule has 0 atom stereocenters. The number of rotatable bonds is 3. The van der Waals surface area contributed by atoms with Gasteiger partial charge in [0.15, 0.2) is 0 Å². The number of nitrogens with two attached hydrogens (primary N) is 1. The summed E-state index contributed by atoms with van der Waals surface area (Å²) in [5.41, 5.74) is 5.30. The zero-order valence-corrected chi connectivity index (χ0v) is 10.0. The summed E-state index contributed by atoms with van der Waals surface area (Å²) >= 11 is 0. The van der Waals surface area contributed by atoms with Crippen LogP contribution in [0.15, 0.2) is 0 Å². The quantitative estimate of drug-likeness (QED) is 0.695. The number of hydrogen-bond donors (Lipinski definition) is 2. The Labute approximate surface area is 96.4 Å². The summed E-state index contributed by atoms with van der Waals surface area (Å²) in [6.07, 6.45) is 1.65. The molecule has 1 rings (SSSR count). The molecule has 1 aliphatic rings. The Morgan fingerprint density at radius 1 is 1.38 bits per heavy atom. The summed E-state index contributed by atoms with van der Waals surface area (Å²) in [5, 5.41) is 2.99. The third-order valence-corrected chi connectivity index (χ3v) is 2.89. The van der Waals surface area contributed by atoms with Crippen molar-refractivity contribution in [2.24, 2.45) is 11.7 Å². The van der Waals surface area contributed by atoms with Gasteiger partial charge in [-0.15, -0.1) is 0 Å². The molecule has 1 heterocycles. The van der Waals surface area contributed by atoms with E-state index >= 15 is 0 Å². The van der Waals surface area contributed by atoms with Crippen molar-refractivity contribution in [1.82, 2.24) is 10.2 Å². The lowest BCUT2D eigenvalue weighted by atomic mass is 10.0. The largest absolute Gasteiger partial charge is 0.353 e. The Balaban J connectivity index is 2.32. The number of piperidine rings is 1.